The van der Waals surface area contributed by atoms with Gasteiger partial charge in [-0.1, -0.05) is 23.9 Å². The maximum Gasteiger partial charge on any atom is 0.316 e. The molecule has 6 nitrogen and oxygen atoms in total. The highest BCUT2D eigenvalue weighted by Crippen LogP contribution is 2.19. The Hall–Kier alpha value is -1.96. The summed E-state index contributed by atoms with van der Waals surface area (Å²) in [5, 5.41) is 11.3. The lowest BCUT2D eigenvalue weighted by Gasteiger charge is -2.04. The summed E-state index contributed by atoms with van der Waals surface area (Å²) >= 11 is 1.09. The standard InChI is InChI=1S/C11H11FN4O2S/c1-2-18-10(17)7-19-11-13-14-15-16(11)9-6-4-3-5-8(9)12/h3-6H,2,7H2,1H3. The van der Waals surface area contributed by atoms with E-state index >= 15 is 0 Å². The number of para-hydroxylation sites is 1. The molecule has 0 bridgehead atoms. The van der Waals surface area contributed by atoms with E-state index in [1.54, 1.807) is 25.1 Å². The summed E-state index contributed by atoms with van der Waals surface area (Å²) in [5.74, 6) is -0.730. The summed E-state index contributed by atoms with van der Waals surface area (Å²) in [7, 11) is 0. The van der Waals surface area contributed by atoms with Crippen LogP contribution in [0.5, 0.6) is 0 Å². The molecule has 100 valence electrons. The minimum Gasteiger partial charge on any atom is -0.465 e. The van der Waals surface area contributed by atoms with E-state index in [0.717, 1.165) is 11.8 Å². The third kappa shape index (κ3) is 3.28. The zero-order chi connectivity index (χ0) is 13.7. The van der Waals surface area contributed by atoms with Crippen LogP contribution >= 0.6 is 11.8 Å². The number of halogens is 1. The van der Waals surface area contributed by atoms with E-state index in [0.29, 0.717) is 11.8 Å². The first-order valence-corrected chi connectivity index (χ1v) is 6.52. The van der Waals surface area contributed by atoms with E-state index in [2.05, 4.69) is 15.5 Å². The number of rotatable bonds is 5. The molecule has 0 spiro atoms. The summed E-state index contributed by atoms with van der Waals surface area (Å²) in [6.07, 6.45) is 0. The van der Waals surface area contributed by atoms with Crippen LogP contribution in [0.4, 0.5) is 4.39 Å². The number of nitrogens with zero attached hydrogens (tertiary/aromatic N) is 4. The Morgan fingerprint density at radius 1 is 1.47 bits per heavy atom. The maximum absolute atomic E-state index is 13.6. The van der Waals surface area contributed by atoms with Crippen molar-refractivity contribution in [3.63, 3.8) is 0 Å². The van der Waals surface area contributed by atoms with E-state index in [1.807, 2.05) is 0 Å². The Kier molecular flexibility index (Phi) is 4.45. The molecule has 8 heteroatoms. The van der Waals surface area contributed by atoms with Crippen LogP contribution < -0.4 is 0 Å². The molecule has 0 N–H and O–H groups in total. The fourth-order valence-corrected chi connectivity index (χ4v) is 2.05. The van der Waals surface area contributed by atoms with Gasteiger partial charge in [0.2, 0.25) is 5.16 Å². The SMILES string of the molecule is CCOC(=O)CSc1nnnn1-c1ccccc1F. The Bertz CT molecular complexity index is 575. The van der Waals surface area contributed by atoms with Crippen LogP contribution in [0.1, 0.15) is 6.92 Å². The van der Waals surface area contributed by atoms with Crippen LogP contribution in [0.25, 0.3) is 5.69 Å². The fraction of sp³-hybridized carbons (Fsp3) is 0.273. The molecular weight excluding hydrogens is 271 g/mol. The molecule has 0 aliphatic heterocycles. The number of hydrogen-bond donors (Lipinski definition) is 0. The van der Waals surface area contributed by atoms with Crippen LogP contribution in [0, 0.1) is 5.82 Å². The molecule has 0 amide bonds. The normalized spacial score (nSPS) is 10.4. The largest absolute Gasteiger partial charge is 0.465 e. The first kappa shape index (κ1) is 13.5. The van der Waals surface area contributed by atoms with Crippen LogP contribution in [0.15, 0.2) is 29.4 Å². The number of carbonyl (C=O) groups is 1. The molecule has 1 aromatic heterocycles. The summed E-state index contributed by atoms with van der Waals surface area (Å²) < 4.78 is 19.7. The summed E-state index contributed by atoms with van der Waals surface area (Å²) in [4.78, 5) is 11.3. The van der Waals surface area contributed by atoms with Crippen molar-refractivity contribution in [3.05, 3.63) is 30.1 Å². The average molecular weight is 282 g/mol. The lowest BCUT2D eigenvalue weighted by molar-refractivity contribution is -0.139. The van der Waals surface area contributed by atoms with Gasteiger partial charge in [0.1, 0.15) is 11.5 Å². The lowest BCUT2D eigenvalue weighted by Crippen LogP contribution is -2.08. The minimum absolute atomic E-state index is 0.0721. The van der Waals surface area contributed by atoms with Gasteiger partial charge in [0.05, 0.1) is 12.4 Å². The topological polar surface area (TPSA) is 69.9 Å². The van der Waals surface area contributed by atoms with Crippen molar-refractivity contribution in [2.75, 3.05) is 12.4 Å². The van der Waals surface area contributed by atoms with Gasteiger partial charge in [0.15, 0.2) is 0 Å². The smallest absolute Gasteiger partial charge is 0.316 e. The third-order valence-electron chi connectivity index (χ3n) is 2.15. The van der Waals surface area contributed by atoms with Crippen molar-refractivity contribution in [2.45, 2.75) is 12.1 Å². The Morgan fingerprint density at radius 3 is 3.00 bits per heavy atom. The van der Waals surface area contributed by atoms with Gasteiger partial charge in [0.25, 0.3) is 0 Å². The molecule has 0 saturated heterocycles. The Balaban J connectivity index is 2.14. The van der Waals surface area contributed by atoms with E-state index in [4.69, 9.17) is 4.74 Å². The van der Waals surface area contributed by atoms with E-state index in [-0.39, 0.29) is 17.4 Å². The van der Waals surface area contributed by atoms with Crippen molar-refractivity contribution in [2.24, 2.45) is 0 Å². The van der Waals surface area contributed by atoms with E-state index < -0.39 is 5.82 Å². The van der Waals surface area contributed by atoms with Crippen LogP contribution in [0.3, 0.4) is 0 Å². The van der Waals surface area contributed by atoms with Gasteiger partial charge in [-0.2, -0.15) is 4.68 Å². The summed E-state index contributed by atoms with van der Waals surface area (Å²) in [6, 6.07) is 6.13. The van der Waals surface area contributed by atoms with Crippen molar-refractivity contribution in [1.29, 1.82) is 0 Å². The van der Waals surface area contributed by atoms with Crippen molar-refractivity contribution in [1.82, 2.24) is 20.2 Å². The van der Waals surface area contributed by atoms with E-state index in [9.17, 15) is 9.18 Å². The molecule has 0 aliphatic carbocycles. The molecule has 1 aromatic carbocycles. The predicted octanol–water partition coefficient (Wildman–Crippen LogP) is 1.46. The highest BCUT2D eigenvalue weighted by Gasteiger charge is 2.14. The number of aromatic nitrogens is 4. The monoisotopic (exact) mass is 282 g/mol. The van der Waals surface area contributed by atoms with Gasteiger partial charge in [-0.25, -0.2) is 4.39 Å². The van der Waals surface area contributed by atoms with Crippen LogP contribution in [0.2, 0.25) is 0 Å². The zero-order valence-electron chi connectivity index (χ0n) is 10.1. The molecule has 0 radical (unpaired) electrons. The van der Waals surface area contributed by atoms with Gasteiger partial charge in [-0.05, 0) is 29.5 Å². The van der Waals surface area contributed by atoms with Crippen molar-refractivity contribution < 1.29 is 13.9 Å². The predicted molar refractivity (Wildman–Crippen MR) is 66.5 cm³/mol. The highest BCUT2D eigenvalue weighted by molar-refractivity contribution is 7.99. The van der Waals surface area contributed by atoms with Gasteiger partial charge < -0.3 is 4.74 Å². The molecule has 0 fully saturated rings. The Morgan fingerprint density at radius 2 is 2.26 bits per heavy atom. The number of benzene rings is 1. The number of tetrazole rings is 1. The minimum atomic E-state index is -0.437. The third-order valence-corrected chi connectivity index (χ3v) is 3.04. The molecule has 0 unspecified atom stereocenters. The van der Waals surface area contributed by atoms with Gasteiger partial charge in [-0.15, -0.1) is 5.10 Å². The van der Waals surface area contributed by atoms with Crippen molar-refractivity contribution >= 4 is 17.7 Å². The average Bonchev–Trinajstić information content (AvgIpc) is 2.85. The van der Waals surface area contributed by atoms with E-state index in [1.165, 1.54) is 10.7 Å². The second-order valence-corrected chi connectivity index (χ2v) is 4.36. The fourth-order valence-electron chi connectivity index (χ4n) is 1.37. The molecular formula is C11H11FN4O2S. The lowest BCUT2D eigenvalue weighted by atomic mass is 10.3. The molecule has 0 saturated carbocycles. The molecule has 2 rings (SSSR count). The molecule has 19 heavy (non-hydrogen) atoms. The zero-order valence-corrected chi connectivity index (χ0v) is 10.9. The Labute approximate surface area is 112 Å². The second-order valence-electron chi connectivity index (χ2n) is 3.42. The number of esters is 1. The number of hydrogen-bond acceptors (Lipinski definition) is 6. The van der Waals surface area contributed by atoms with Crippen molar-refractivity contribution in [3.8, 4) is 5.69 Å². The summed E-state index contributed by atoms with van der Waals surface area (Å²) in [5.41, 5.74) is 0.235. The van der Waals surface area contributed by atoms with Gasteiger partial charge in [-0.3, -0.25) is 4.79 Å². The summed E-state index contributed by atoms with van der Waals surface area (Å²) in [6.45, 7) is 2.05. The maximum atomic E-state index is 13.6. The van der Waals surface area contributed by atoms with Crippen LogP contribution in [-0.4, -0.2) is 38.5 Å². The quantitative estimate of drug-likeness (QED) is 0.611. The molecule has 0 aliphatic rings. The molecule has 0 atom stereocenters. The van der Waals surface area contributed by atoms with Crippen LogP contribution in [-0.2, 0) is 9.53 Å². The molecule has 1 heterocycles. The first-order chi connectivity index (χ1) is 9.22. The second kappa shape index (κ2) is 6.28. The number of thioether (sulfide) groups is 1. The number of carbonyl (C=O) groups excluding carboxylic acids is 1. The van der Waals surface area contributed by atoms with Gasteiger partial charge >= 0.3 is 5.97 Å². The molecule has 2 aromatic rings. The van der Waals surface area contributed by atoms with Gasteiger partial charge in [0, 0.05) is 0 Å². The number of ether oxygens (including phenoxy) is 1. The first-order valence-electron chi connectivity index (χ1n) is 5.54. The highest BCUT2D eigenvalue weighted by atomic mass is 32.2.